The highest BCUT2D eigenvalue weighted by molar-refractivity contribution is 6.05. The van der Waals surface area contributed by atoms with Gasteiger partial charge in [0, 0.05) is 35.7 Å². The number of benzene rings is 2. The van der Waals surface area contributed by atoms with Crippen LogP contribution < -0.4 is 15.5 Å². The first-order valence-corrected chi connectivity index (χ1v) is 10.4. The minimum absolute atomic E-state index is 0.179. The average molecular weight is 429 g/mol. The second-order valence-corrected chi connectivity index (χ2v) is 7.58. The van der Waals surface area contributed by atoms with Crippen molar-refractivity contribution in [2.45, 2.75) is 6.92 Å². The van der Waals surface area contributed by atoms with Crippen molar-refractivity contribution in [3.8, 4) is 0 Å². The Morgan fingerprint density at radius 1 is 1.06 bits per heavy atom. The number of rotatable bonds is 5. The Morgan fingerprint density at radius 3 is 2.69 bits per heavy atom. The average Bonchev–Trinajstić information content (AvgIpc) is 3.31. The summed E-state index contributed by atoms with van der Waals surface area (Å²) in [4.78, 5) is 30.8. The highest BCUT2D eigenvalue weighted by Gasteiger charge is 2.13. The van der Waals surface area contributed by atoms with Crippen molar-refractivity contribution in [1.82, 2.24) is 19.9 Å². The number of aromatic nitrogens is 4. The van der Waals surface area contributed by atoms with Gasteiger partial charge in [-0.05, 0) is 48.9 Å². The summed E-state index contributed by atoms with van der Waals surface area (Å²) in [5.41, 5.74) is 5.49. The van der Waals surface area contributed by atoms with Crippen molar-refractivity contribution >= 4 is 40.0 Å². The van der Waals surface area contributed by atoms with E-state index in [1.54, 1.807) is 6.33 Å². The number of nitrogens with one attached hydrogen (secondary N) is 3. The zero-order chi connectivity index (χ0) is 21.9. The fraction of sp³-hybridized carbons (Fsp3) is 0.217. The molecule has 1 aliphatic heterocycles. The molecule has 0 bridgehead atoms. The number of aryl methyl sites for hydroxylation is 1. The fourth-order valence-corrected chi connectivity index (χ4v) is 3.67. The molecule has 9 nitrogen and oxygen atoms in total. The second kappa shape index (κ2) is 8.64. The van der Waals surface area contributed by atoms with Gasteiger partial charge in [-0.15, -0.1) is 0 Å². The van der Waals surface area contributed by atoms with Gasteiger partial charge in [0.15, 0.2) is 11.5 Å². The Balaban J connectivity index is 1.31. The van der Waals surface area contributed by atoms with Gasteiger partial charge in [-0.1, -0.05) is 6.07 Å². The number of amides is 1. The Bertz CT molecular complexity index is 1250. The summed E-state index contributed by atoms with van der Waals surface area (Å²) in [5, 5.41) is 6.26. The van der Waals surface area contributed by atoms with Gasteiger partial charge in [0.2, 0.25) is 0 Å². The topological polar surface area (TPSA) is 108 Å². The van der Waals surface area contributed by atoms with E-state index in [9.17, 15) is 4.79 Å². The summed E-state index contributed by atoms with van der Waals surface area (Å²) in [6.45, 7) is 5.20. The molecule has 1 saturated heterocycles. The lowest BCUT2D eigenvalue weighted by atomic mass is 10.1. The van der Waals surface area contributed by atoms with E-state index in [2.05, 4.69) is 35.5 Å². The lowest BCUT2D eigenvalue weighted by molar-refractivity contribution is 0.102. The summed E-state index contributed by atoms with van der Waals surface area (Å²) in [6, 6.07) is 13.4. The van der Waals surface area contributed by atoms with Crippen molar-refractivity contribution in [2.24, 2.45) is 0 Å². The second-order valence-electron chi connectivity index (χ2n) is 7.58. The Hall–Kier alpha value is -3.98. The highest BCUT2D eigenvalue weighted by Crippen LogP contribution is 2.25. The van der Waals surface area contributed by atoms with E-state index in [1.165, 1.54) is 6.33 Å². The molecule has 32 heavy (non-hydrogen) atoms. The smallest absolute Gasteiger partial charge is 0.255 e. The van der Waals surface area contributed by atoms with Gasteiger partial charge in [0.25, 0.3) is 5.91 Å². The third kappa shape index (κ3) is 4.10. The quantitative estimate of drug-likeness (QED) is 0.446. The lowest BCUT2D eigenvalue weighted by Crippen LogP contribution is -2.36. The fourth-order valence-electron chi connectivity index (χ4n) is 3.67. The minimum atomic E-state index is -0.179. The Morgan fingerprint density at radius 2 is 1.88 bits per heavy atom. The van der Waals surface area contributed by atoms with Crippen LogP contribution in [0.5, 0.6) is 0 Å². The van der Waals surface area contributed by atoms with E-state index in [0.717, 1.165) is 48.9 Å². The summed E-state index contributed by atoms with van der Waals surface area (Å²) in [5.74, 6) is 0.424. The maximum absolute atomic E-state index is 12.9. The predicted octanol–water partition coefficient (Wildman–Crippen LogP) is 3.49. The van der Waals surface area contributed by atoms with Crippen LogP contribution in [0.15, 0.2) is 55.1 Å². The van der Waals surface area contributed by atoms with Gasteiger partial charge in [-0.3, -0.25) is 4.79 Å². The molecule has 0 saturated carbocycles. The normalized spacial score (nSPS) is 13.8. The molecule has 0 aliphatic carbocycles. The number of H-pyrrole nitrogens is 1. The van der Waals surface area contributed by atoms with Crippen LogP contribution in [0.25, 0.3) is 11.2 Å². The largest absolute Gasteiger partial charge is 0.378 e. The first-order chi connectivity index (χ1) is 15.7. The molecule has 0 unspecified atom stereocenters. The van der Waals surface area contributed by atoms with Crippen molar-refractivity contribution in [2.75, 3.05) is 41.8 Å². The van der Waals surface area contributed by atoms with Crippen molar-refractivity contribution in [1.29, 1.82) is 0 Å². The number of hydrogen-bond acceptors (Lipinski definition) is 7. The third-order valence-corrected chi connectivity index (χ3v) is 5.48. The van der Waals surface area contributed by atoms with E-state index < -0.39 is 0 Å². The van der Waals surface area contributed by atoms with Crippen molar-refractivity contribution in [3.05, 3.63) is 66.2 Å². The van der Waals surface area contributed by atoms with E-state index in [4.69, 9.17) is 4.74 Å². The maximum atomic E-state index is 12.9. The van der Waals surface area contributed by atoms with Gasteiger partial charge in [-0.25, -0.2) is 15.0 Å². The van der Waals surface area contributed by atoms with Crippen LogP contribution in [0.2, 0.25) is 0 Å². The molecule has 1 amide bonds. The number of aromatic amines is 1. The SMILES string of the molecule is Cc1ccc(C(=O)Nc2ccc(N3CCOCC3)cc2)cc1Nc1ncnc2nc[nH]c12. The zero-order valence-corrected chi connectivity index (χ0v) is 17.6. The van der Waals surface area contributed by atoms with Crippen LogP contribution in [0, 0.1) is 6.92 Å². The number of hydrogen-bond donors (Lipinski definition) is 3. The number of anilines is 4. The van der Waals surface area contributed by atoms with Gasteiger partial charge >= 0.3 is 0 Å². The molecule has 1 aliphatic rings. The summed E-state index contributed by atoms with van der Waals surface area (Å²) in [6.07, 6.45) is 3.03. The van der Waals surface area contributed by atoms with Crippen molar-refractivity contribution in [3.63, 3.8) is 0 Å². The van der Waals surface area contributed by atoms with Crippen molar-refractivity contribution < 1.29 is 9.53 Å². The molecule has 3 N–H and O–H groups in total. The number of imidazole rings is 1. The number of nitrogens with zero attached hydrogens (tertiary/aromatic N) is 4. The van der Waals surface area contributed by atoms with E-state index >= 15 is 0 Å². The van der Waals surface area contributed by atoms with E-state index in [-0.39, 0.29) is 5.91 Å². The van der Waals surface area contributed by atoms with Crippen LogP contribution in [-0.4, -0.2) is 52.1 Å². The minimum Gasteiger partial charge on any atom is -0.378 e. The molecule has 0 radical (unpaired) electrons. The van der Waals surface area contributed by atoms with E-state index in [1.807, 2.05) is 49.4 Å². The van der Waals surface area contributed by atoms with Crippen LogP contribution in [0.3, 0.4) is 0 Å². The highest BCUT2D eigenvalue weighted by atomic mass is 16.5. The van der Waals surface area contributed by atoms with Crippen LogP contribution in [-0.2, 0) is 4.74 Å². The number of carbonyl (C=O) groups excluding carboxylic acids is 1. The van der Waals surface area contributed by atoms with Crippen LogP contribution in [0.1, 0.15) is 15.9 Å². The molecule has 162 valence electrons. The molecule has 9 heteroatoms. The predicted molar refractivity (Wildman–Crippen MR) is 124 cm³/mol. The molecule has 2 aromatic heterocycles. The van der Waals surface area contributed by atoms with E-state index in [0.29, 0.717) is 22.5 Å². The molecular formula is C23H23N7O2. The zero-order valence-electron chi connectivity index (χ0n) is 17.6. The molecule has 0 spiro atoms. The summed E-state index contributed by atoms with van der Waals surface area (Å²) >= 11 is 0. The summed E-state index contributed by atoms with van der Waals surface area (Å²) in [7, 11) is 0. The van der Waals surface area contributed by atoms with Gasteiger partial charge in [0.05, 0.1) is 19.5 Å². The molecule has 5 rings (SSSR count). The molecular weight excluding hydrogens is 406 g/mol. The Labute approximate surface area is 184 Å². The first kappa shape index (κ1) is 20.0. The van der Waals surface area contributed by atoms with Gasteiger partial charge in [-0.2, -0.15) is 0 Å². The molecule has 0 atom stereocenters. The maximum Gasteiger partial charge on any atom is 0.255 e. The van der Waals surface area contributed by atoms with Crippen LogP contribution in [0.4, 0.5) is 22.9 Å². The standard InChI is InChI=1S/C23H23N7O2/c1-15-2-3-16(12-19(15)29-22-20-21(25-13-24-20)26-14-27-22)23(31)28-17-4-6-18(7-5-17)30-8-10-32-11-9-30/h2-7,12-14H,8-11H2,1H3,(H,28,31)(H2,24,25,26,27,29). The van der Waals surface area contributed by atoms with Crippen LogP contribution >= 0.6 is 0 Å². The lowest BCUT2D eigenvalue weighted by Gasteiger charge is -2.28. The van der Waals surface area contributed by atoms with Gasteiger partial charge < -0.3 is 25.3 Å². The molecule has 2 aromatic carbocycles. The monoisotopic (exact) mass is 429 g/mol. The number of carbonyl (C=O) groups is 1. The molecule has 4 aromatic rings. The summed E-state index contributed by atoms with van der Waals surface area (Å²) < 4.78 is 5.40. The third-order valence-electron chi connectivity index (χ3n) is 5.48. The first-order valence-electron chi connectivity index (χ1n) is 10.4. The number of ether oxygens (including phenoxy) is 1. The number of morpholine rings is 1. The Kier molecular flexibility index (Phi) is 5.39. The molecule has 1 fully saturated rings. The van der Waals surface area contributed by atoms with Gasteiger partial charge in [0.1, 0.15) is 11.8 Å². The molecule has 3 heterocycles. The number of fused-ring (bicyclic) bond motifs is 1.